The Morgan fingerprint density at radius 1 is 1.18 bits per heavy atom. The van der Waals surface area contributed by atoms with E-state index in [-0.39, 0.29) is 18.4 Å². The van der Waals surface area contributed by atoms with E-state index in [0.717, 1.165) is 29.4 Å². The Bertz CT molecular complexity index is 1010. The highest BCUT2D eigenvalue weighted by Gasteiger charge is 2.29. The zero-order chi connectivity index (χ0) is 24.0. The van der Waals surface area contributed by atoms with E-state index in [1.807, 2.05) is 24.3 Å². The lowest BCUT2D eigenvalue weighted by molar-refractivity contribution is -0.144. The van der Waals surface area contributed by atoms with E-state index in [1.54, 1.807) is 6.20 Å². The Kier molecular flexibility index (Phi) is 8.01. The zero-order valence-corrected chi connectivity index (χ0v) is 18.3. The molecule has 3 amide bonds. The quantitative estimate of drug-likeness (QED) is 0.239. The first kappa shape index (κ1) is 24.2. The summed E-state index contributed by atoms with van der Waals surface area (Å²) in [7, 11) is 0. The van der Waals surface area contributed by atoms with Gasteiger partial charge in [-0.25, -0.2) is 4.79 Å². The van der Waals surface area contributed by atoms with Crippen molar-refractivity contribution in [1.29, 1.82) is 0 Å². The largest absolute Gasteiger partial charge is 0.480 e. The molecule has 11 nitrogen and oxygen atoms in total. The summed E-state index contributed by atoms with van der Waals surface area (Å²) >= 11 is 0. The Hall–Kier alpha value is -3.44. The van der Waals surface area contributed by atoms with Crippen LogP contribution in [0.25, 0.3) is 10.9 Å². The van der Waals surface area contributed by atoms with Gasteiger partial charge in [0.15, 0.2) is 6.04 Å². The minimum absolute atomic E-state index is 0.196. The number of nitrogens with one attached hydrogen (secondary N) is 5. The van der Waals surface area contributed by atoms with Crippen molar-refractivity contribution >= 4 is 34.6 Å². The highest BCUT2D eigenvalue weighted by molar-refractivity contribution is 5.93. The molecule has 0 spiro atoms. The first-order valence-electron chi connectivity index (χ1n) is 10.8. The van der Waals surface area contributed by atoms with Crippen LogP contribution in [0.2, 0.25) is 0 Å². The minimum atomic E-state index is -1.50. The SMILES string of the molecule is CC(O)C(NC(=O)CNC(=O)C(Cc1c[nH]c2ccccc12)NC(=O)C1CCCN1)C(=O)O. The van der Waals surface area contributed by atoms with Crippen molar-refractivity contribution in [2.75, 3.05) is 13.1 Å². The predicted octanol–water partition coefficient (Wildman–Crippen LogP) is -0.986. The van der Waals surface area contributed by atoms with Gasteiger partial charge in [0.2, 0.25) is 17.7 Å². The number of hydrogen-bond donors (Lipinski definition) is 7. The number of fused-ring (bicyclic) bond motifs is 1. The van der Waals surface area contributed by atoms with Crippen molar-refractivity contribution in [2.45, 2.75) is 50.4 Å². The number of hydrogen-bond acceptors (Lipinski definition) is 6. The van der Waals surface area contributed by atoms with Crippen LogP contribution in [0, 0.1) is 0 Å². The first-order chi connectivity index (χ1) is 15.8. The molecule has 178 valence electrons. The molecule has 0 saturated carbocycles. The molecule has 0 aliphatic carbocycles. The fourth-order valence-electron chi connectivity index (χ4n) is 3.81. The number of para-hydroxylation sites is 1. The number of amides is 3. The number of carbonyl (C=O) groups is 4. The molecule has 1 aromatic heterocycles. The maximum Gasteiger partial charge on any atom is 0.328 e. The summed E-state index contributed by atoms with van der Waals surface area (Å²) in [4.78, 5) is 51.9. The Labute approximate surface area is 190 Å². The van der Waals surface area contributed by atoms with E-state index in [0.29, 0.717) is 6.42 Å². The van der Waals surface area contributed by atoms with Crippen molar-refractivity contribution in [3.63, 3.8) is 0 Å². The van der Waals surface area contributed by atoms with Gasteiger partial charge < -0.3 is 36.5 Å². The lowest BCUT2D eigenvalue weighted by Crippen LogP contribution is -2.55. The number of aliphatic hydroxyl groups is 1. The van der Waals surface area contributed by atoms with E-state index in [9.17, 15) is 24.3 Å². The number of carboxylic acids is 1. The topological polar surface area (TPSA) is 173 Å². The van der Waals surface area contributed by atoms with Gasteiger partial charge in [0.25, 0.3) is 0 Å². The Morgan fingerprint density at radius 3 is 2.61 bits per heavy atom. The van der Waals surface area contributed by atoms with Crippen molar-refractivity contribution in [3.05, 3.63) is 36.0 Å². The van der Waals surface area contributed by atoms with Crippen LogP contribution in [-0.4, -0.2) is 76.2 Å². The molecular weight excluding hydrogens is 430 g/mol. The molecule has 0 bridgehead atoms. The Balaban J connectivity index is 1.68. The highest BCUT2D eigenvalue weighted by Crippen LogP contribution is 2.19. The third-order valence-corrected chi connectivity index (χ3v) is 5.60. The predicted molar refractivity (Wildman–Crippen MR) is 119 cm³/mol. The standard InChI is InChI=1S/C22H29N5O6/c1-12(28)19(22(32)33)27-18(29)11-25-20(30)17(26-21(31)16-7-4-8-23-16)9-13-10-24-15-6-3-2-5-14(13)15/h2-3,5-6,10,12,16-17,19,23-24,28H,4,7-9,11H2,1H3,(H,25,30)(H,26,31)(H,27,29)(H,32,33). The smallest absolute Gasteiger partial charge is 0.328 e. The third-order valence-electron chi connectivity index (χ3n) is 5.60. The number of rotatable bonds is 10. The Morgan fingerprint density at radius 2 is 1.94 bits per heavy atom. The summed E-state index contributed by atoms with van der Waals surface area (Å²) in [5.74, 6) is -3.04. The molecule has 33 heavy (non-hydrogen) atoms. The third kappa shape index (κ3) is 6.30. The summed E-state index contributed by atoms with van der Waals surface area (Å²) in [6.45, 7) is 1.46. The monoisotopic (exact) mass is 459 g/mol. The summed E-state index contributed by atoms with van der Waals surface area (Å²) in [5.41, 5.74) is 1.72. The summed E-state index contributed by atoms with van der Waals surface area (Å²) < 4.78 is 0. The van der Waals surface area contributed by atoms with Crippen LogP contribution < -0.4 is 21.3 Å². The normalized spacial score (nSPS) is 18.3. The fourth-order valence-corrected chi connectivity index (χ4v) is 3.81. The van der Waals surface area contributed by atoms with Crippen LogP contribution >= 0.6 is 0 Å². The molecule has 11 heteroatoms. The van der Waals surface area contributed by atoms with Gasteiger partial charge in [-0.1, -0.05) is 18.2 Å². The van der Waals surface area contributed by atoms with E-state index in [2.05, 4.69) is 26.3 Å². The van der Waals surface area contributed by atoms with Crippen LogP contribution in [0.5, 0.6) is 0 Å². The molecular formula is C22H29N5O6. The molecule has 1 saturated heterocycles. The molecule has 1 aliphatic rings. The molecule has 4 unspecified atom stereocenters. The maximum atomic E-state index is 12.9. The summed E-state index contributed by atoms with van der Waals surface area (Å²) in [6, 6.07) is 4.75. The number of benzene rings is 1. The van der Waals surface area contributed by atoms with Crippen LogP contribution in [-0.2, 0) is 25.6 Å². The van der Waals surface area contributed by atoms with Gasteiger partial charge in [-0.3, -0.25) is 14.4 Å². The molecule has 4 atom stereocenters. The van der Waals surface area contributed by atoms with E-state index < -0.39 is 42.5 Å². The van der Waals surface area contributed by atoms with E-state index in [1.165, 1.54) is 6.92 Å². The van der Waals surface area contributed by atoms with Crippen molar-refractivity contribution in [1.82, 2.24) is 26.3 Å². The number of carboxylic acid groups (broad SMARTS) is 1. The molecule has 2 aromatic rings. The van der Waals surface area contributed by atoms with Crippen molar-refractivity contribution in [2.24, 2.45) is 0 Å². The summed E-state index contributed by atoms with van der Waals surface area (Å²) in [6.07, 6.45) is 2.20. The van der Waals surface area contributed by atoms with Crippen LogP contribution in [0.3, 0.4) is 0 Å². The maximum absolute atomic E-state index is 12.9. The number of H-pyrrole nitrogens is 1. The number of aromatic amines is 1. The van der Waals surface area contributed by atoms with Crippen molar-refractivity contribution < 1.29 is 29.4 Å². The van der Waals surface area contributed by atoms with Crippen LogP contribution in [0.1, 0.15) is 25.3 Å². The second-order valence-corrected chi connectivity index (χ2v) is 8.12. The highest BCUT2D eigenvalue weighted by atomic mass is 16.4. The lowest BCUT2D eigenvalue weighted by atomic mass is 10.0. The van der Waals surface area contributed by atoms with Gasteiger partial charge in [-0.05, 0) is 37.9 Å². The summed E-state index contributed by atoms with van der Waals surface area (Å²) in [5, 5.41) is 30.0. The molecule has 0 radical (unpaired) electrons. The average Bonchev–Trinajstić information content (AvgIpc) is 3.45. The van der Waals surface area contributed by atoms with Crippen LogP contribution in [0.4, 0.5) is 0 Å². The fraction of sp³-hybridized carbons (Fsp3) is 0.455. The van der Waals surface area contributed by atoms with E-state index in [4.69, 9.17) is 5.11 Å². The number of aliphatic carboxylic acids is 1. The van der Waals surface area contributed by atoms with Gasteiger partial charge in [-0.2, -0.15) is 0 Å². The molecule has 7 N–H and O–H groups in total. The lowest BCUT2D eigenvalue weighted by Gasteiger charge is -2.21. The van der Waals surface area contributed by atoms with Gasteiger partial charge in [-0.15, -0.1) is 0 Å². The molecule has 1 aromatic carbocycles. The number of carbonyl (C=O) groups excluding carboxylic acids is 3. The molecule has 1 aliphatic heterocycles. The average molecular weight is 460 g/mol. The first-order valence-corrected chi connectivity index (χ1v) is 10.8. The molecule has 3 rings (SSSR count). The number of aliphatic hydroxyl groups excluding tert-OH is 1. The van der Waals surface area contributed by atoms with Gasteiger partial charge in [0.1, 0.15) is 6.04 Å². The van der Waals surface area contributed by atoms with Gasteiger partial charge >= 0.3 is 5.97 Å². The van der Waals surface area contributed by atoms with Gasteiger partial charge in [0, 0.05) is 23.5 Å². The second-order valence-electron chi connectivity index (χ2n) is 8.12. The van der Waals surface area contributed by atoms with Crippen LogP contribution in [0.15, 0.2) is 30.5 Å². The van der Waals surface area contributed by atoms with Crippen molar-refractivity contribution in [3.8, 4) is 0 Å². The second kappa shape index (κ2) is 10.9. The minimum Gasteiger partial charge on any atom is -0.480 e. The number of aromatic nitrogens is 1. The van der Waals surface area contributed by atoms with Gasteiger partial charge in [0.05, 0.1) is 18.7 Å². The molecule has 1 fully saturated rings. The molecule has 2 heterocycles. The zero-order valence-electron chi connectivity index (χ0n) is 18.3. The van der Waals surface area contributed by atoms with E-state index >= 15 is 0 Å².